The summed E-state index contributed by atoms with van der Waals surface area (Å²) < 4.78 is 14.0. The van der Waals surface area contributed by atoms with Crippen LogP contribution in [-0.4, -0.2) is 7.05 Å². The molecule has 2 aromatic rings. The van der Waals surface area contributed by atoms with E-state index in [2.05, 4.69) is 29.6 Å². The third kappa shape index (κ3) is 2.61. The fraction of sp³-hybridized carbons (Fsp3) is 0.333. The molecule has 0 spiro atoms. The summed E-state index contributed by atoms with van der Waals surface area (Å²) in [7, 11) is 1.83. The van der Waals surface area contributed by atoms with Crippen molar-refractivity contribution < 1.29 is 4.39 Å². The first-order valence-corrected chi connectivity index (χ1v) is 7.31. The smallest absolute Gasteiger partial charge is 0.128 e. The van der Waals surface area contributed by atoms with E-state index in [0.717, 1.165) is 17.0 Å². The number of benzene rings is 2. The van der Waals surface area contributed by atoms with Gasteiger partial charge in [-0.3, -0.25) is 0 Å². The highest BCUT2D eigenvalue weighted by atomic mass is 19.1. The molecule has 0 heterocycles. The summed E-state index contributed by atoms with van der Waals surface area (Å²) in [6.45, 7) is 0.562. The Morgan fingerprint density at radius 3 is 2.30 bits per heavy atom. The van der Waals surface area contributed by atoms with Crippen molar-refractivity contribution in [2.24, 2.45) is 0 Å². The minimum absolute atomic E-state index is 0.139. The molecule has 0 aliphatic heterocycles. The summed E-state index contributed by atoms with van der Waals surface area (Å²) in [6.07, 6.45) is 3.98. The van der Waals surface area contributed by atoms with Gasteiger partial charge < -0.3 is 5.32 Å². The molecule has 3 rings (SSSR count). The largest absolute Gasteiger partial charge is 0.316 e. The molecular weight excluding hydrogens is 249 g/mol. The van der Waals surface area contributed by atoms with E-state index >= 15 is 0 Å². The van der Waals surface area contributed by atoms with Crippen LogP contribution in [0.4, 0.5) is 4.39 Å². The lowest BCUT2D eigenvalue weighted by Crippen LogP contribution is -2.08. The highest BCUT2D eigenvalue weighted by Crippen LogP contribution is 2.37. The summed E-state index contributed by atoms with van der Waals surface area (Å²) in [5.41, 5.74) is 4.17. The molecule has 1 nitrogen and oxygen atoms in total. The SMILES string of the molecule is CNCc1ccc(-c2ccc(C3CCC3)cc2)cc1F. The summed E-state index contributed by atoms with van der Waals surface area (Å²) in [4.78, 5) is 0. The van der Waals surface area contributed by atoms with E-state index in [0.29, 0.717) is 12.1 Å². The fourth-order valence-electron chi connectivity index (χ4n) is 2.75. The predicted molar refractivity (Wildman–Crippen MR) is 81.2 cm³/mol. The quantitative estimate of drug-likeness (QED) is 0.863. The molecule has 2 heteroatoms. The molecule has 0 saturated heterocycles. The van der Waals surface area contributed by atoms with Crippen LogP contribution in [0.25, 0.3) is 11.1 Å². The first-order chi connectivity index (χ1) is 9.78. The Morgan fingerprint density at radius 2 is 1.75 bits per heavy atom. The molecular formula is C18H20FN. The average molecular weight is 269 g/mol. The minimum atomic E-state index is -0.139. The van der Waals surface area contributed by atoms with E-state index in [4.69, 9.17) is 0 Å². The number of hydrogen-bond acceptors (Lipinski definition) is 1. The highest BCUT2D eigenvalue weighted by molar-refractivity contribution is 5.64. The van der Waals surface area contributed by atoms with Gasteiger partial charge in [-0.15, -0.1) is 0 Å². The Kier molecular flexibility index (Phi) is 3.83. The van der Waals surface area contributed by atoms with Gasteiger partial charge in [0.2, 0.25) is 0 Å². The normalized spacial score (nSPS) is 15.1. The zero-order valence-electron chi connectivity index (χ0n) is 11.8. The first kappa shape index (κ1) is 13.3. The maximum absolute atomic E-state index is 14.0. The van der Waals surface area contributed by atoms with Gasteiger partial charge in [0.25, 0.3) is 0 Å². The molecule has 20 heavy (non-hydrogen) atoms. The Hall–Kier alpha value is -1.67. The minimum Gasteiger partial charge on any atom is -0.316 e. The molecule has 1 aliphatic rings. The number of halogens is 1. The second-order valence-electron chi connectivity index (χ2n) is 5.59. The standard InChI is InChI=1S/C18H20FN/c1-20-12-17-10-9-16(11-18(17)19)15-7-5-14(6-8-15)13-3-2-4-13/h5-11,13,20H,2-4,12H2,1H3. The Labute approximate surface area is 119 Å². The number of hydrogen-bond donors (Lipinski definition) is 1. The second-order valence-corrected chi connectivity index (χ2v) is 5.59. The molecule has 1 saturated carbocycles. The van der Waals surface area contributed by atoms with Crippen molar-refractivity contribution in [1.29, 1.82) is 0 Å². The van der Waals surface area contributed by atoms with Crippen LogP contribution in [0.15, 0.2) is 42.5 Å². The van der Waals surface area contributed by atoms with Crippen LogP contribution in [0.2, 0.25) is 0 Å². The monoisotopic (exact) mass is 269 g/mol. The highest BCUT2D eigenvalue weighted by Gasteiger charge is 2.19. The Morgan fingerprint density at radius 1 is 1.05 bits per heavy atom. The van der Waals surface area contributed by atoms with Crippen molar-refractivity contribution in [3.05, 3.63) is 59.4 Å². The lowest BCUT2D eigenvalue weighted by Gasteiger charge is -2.25. The van der Waals surface area contributed by atoms with Gasteiger partial charge in [0.15, 0.2) is 0 Å². The van der Waals surface area contributed by atoms with E-state index in [9.17, 15) is 4.39 Å². The summed E-state index contributed by atoms with van der Waals surface area (Å²) in [5, 5.41) is 2.98. The third-order valence-corrected chi connectivity index (χ3v) is 4.24. The van der Waals surface area contributed by atoms with Crippen LogP contribution in [0.1, 0.15) is 36.3 Å². The molecule has 1 aliphatic carbocycles. The van der Waals surface area contributed by atoms with Crippen LogP contribution < -0.4 is 5.32 Å². The summed E-state index contributed by atoms with van der Waals surface area (Å²) in [5.74, 6) is 0.610. The van der Waals surface area contributed by atoms with Crippen molar-refractivity contribution >= 4 is 0 Å². The van der Waals surface area contributed by atoms with Crippen LogP contribution in [0, 0.1) is 5.82 Å². The van der Waals surface area contributed by atoms with E-state index < -0.39 is 0 Å². The topological polar surface area (TPSA) is 12.0 Å². The Bertz CT molecular complexity index is 585. The van der Waals surface area contributed by atoms with Crippen molar-refractivity contribution in [1.82, 2.24) is 5.32 Å². The van der Waals surface area contributed by atoms with Gasteiger partial charge in [-0.05, 0) is 48.6 Å². The Balaban J connectivity index is 1.83. The van der Waals surface area contributed by atoms with E-state index in [1.165, 1.54) is 24.8 Å². The van der Waals surface area contributed by atoms with Gasteiger partial charge in [-0.1, -0.05) is 42.8 Å². The van der Waals surface area contributed by atoms with Crippen LogP contribution in [-0.2, 0) is 6.54 Å². The van der Waals surface area contributed by atoms with Gasteiger partial charge in [0.1, 0.15) is 5.82 Å². The van der Waals surface area contributed by atoms with Gasteiger partial charge in [-0.2, -0.15) is 0 Å². The molecule has 2 aromatic carbocycles. The maximum atomic E-state index is 14.0. The van der Waals surface area contributed by atoms with E-state index in [-0.39, 0.29) is 5.82 Å². The molecule has 1 fully saturated rings. The van der Waals surface area contributed by atoms with Crippen molar-refractivity contribution in [2.45, 2.75) is 31.7 Å². The van der Waals surface area contributed by atoms with Crippen LogP contribution in [0.3, 0.4) is 0 Å². The average Bonchev–Trinajstić information content (AvgIpc) is 2.40. The third-order valence-electron chi connectivity index (χ3n) is 4.24. The molecule has 1 N–H and O–H groups in total. The molecule has 0 bridgehead atoms. The van der Waals surface area contributed by atoms with Gasteiger partial charge >= 0.3 is 0 Å². The fourth-order valence-corrected chi connectivity index (χ4v) is 2.75. The van der Waals surface area contributed by atoms with Gasteiger partial charge in [0, 0.05) is 12.1 Å². The first-order valence-electron chi connectivity index (χ1n) is 7.31. The summed E-state index contributed by atoms with van der Waals surface area (Å²) in [6, 6.07) is 14.1. The molecule has 104 valence electrons. The van der Waals surface area contributed by atoms with Crippen molar-refractivity contribution in [3.63, 3.8) is 0 Å². The maximum Gasteiger partial charge on any atom is 0.128 e. The van der Waals surface area contributed by atoms with Crippen LogP contribution in [0.5, 0.6) is 0 Å². The summed E-state index contributed by atoms with van der Waals surface area (Å²) >= 11 is 0. The van der Waals surface area contributed by atoms with Crippen LogP contribution >= 0.6 is 0 Å². The van der Waals surface area contributed by atoms with E-state index in [1.54, 1.807) is 6.07 Å². The molecule has 0 atom stereocenters. The number of rotatable bonds is 4. The van der Waals surface area contributed by atoms with Gasteiger partial charge in [0.05, 0.1) is 0 Å². The predicted octanol–water partition coefficient (Wildman–Crippen LogP) is 4.48. The van der Waals surface area contributed by atoms with Crippen molar-refractivity contribution in [2.75, 3.05) is 7.05 Å². The van der Waals surface area contributed by atoms with E-state index in [1.807, 2.05) is 19.2 Å². The molecule has 0 unspecified atom stereocenters. The molecule has 0 aromatic heterocycles. The molecule has 0 radical (unpaired) electrons. The second kappa shape index (κ2) is 5.76. The zero-order valence-corrected chi connectivity index (χ0v) is 11.8. The van der Waals surface area contributed by atoms with Gasteiger partial charge in [-0.25, -0.2) is 4.39 Å². The number of nitrogens with one attached hydrogen (secondary N) is 1. The van der Waals surface area contributed by atoms with Crippen molar-refractivity contribution in [3.8, 4) is 11.1 Å². The molecule has 0 amide bonds. The zero-order chi connectivity index (χ0) is 13.9. The lowest BCUT2D eigenvalue weighted by molar-refractivity contribution is 0.420. The lowest BCUT2D eigenvalue weighted by atomic mass is 9.80.